The lowest BCUT2D eigenvalue weighted by molar-refractivity contribution is -0.151. The van der Waals surface area contributed by atoms with Crippen LogP contribution in [0.2, 0.25) is 0 Å². The second kappa shape index (κ2) is 8.63. The number of carbonyl (C=O) groups excluding carboxylic acids is 2. The first-order chi connectivity index (χ1) is 12.5. The number of amides is 1. The lowest BCUT2D eigenvalue weighted by Crippen LogP contribution is -2.55. The largest absolute Gasteiger partial charge is 0.467 e. The molecule has 3 rings (SSSR count). The number of hydrogen-bond donors (Lipinski definition) is 1. The molecule has 2 heterocycles. The molecule has 1 N–H and O–H groups in total. The van der Waals surface area contributed by atoms with Crippen molar-refractivity contribution in [1.29, 1.82) is 0 Å². The first kappa shape index (κ1) is 19.5. The van der Waals surface area contributed by atoms with Gasteiger partial charge in [0.15, 0.2) is 0 Å². The molecule has 1 aliphatic carbocycles. The maximum atomic E-state index is 12.6. The summed E-state index contributed by atoms with van der Waals surface area (Å²) in [6.07, 6.45) is 5.45. The number of halogens is 1. The lowest BCUT2D eigenvalue weighted by Gasteiger charge is -2.30. The number of methoxy groups -OCH3 is 1. The number of nitrogens with one attached hydrogen (secondary N) is 1. The molecule has 26 heavy (non-hydrogen) atoms. The van der Waals surface area contributed by atoms with Crippen LogP contribution < -0.4 is 5.32 Å². The van der Waals surface area contributed by atoms with Crippen LogP contribution in [0, 0.1) is 0 Å². The highest BCUT2D eigenvalue weighted by atomic mass is 79.9. The maximum absolute atomic E-state index is 12.6. The molecule has 0 bridgehead atoms. The average Bonchev–Trinajstić information content (AvgIpc) is 3.18. The predicted octanol–water partition coefficient (Wildman–Crippen LogP) is 4.56. The van der Waals surface area contributed by atoms with Crippen molar-refractivity contribution in [1.82, 2.24) is 10.3 Å². The summed E-state index contributed by atoms with van der Waals surface area (Å²) < 4.78 is 6.02. The highest BCUT2D eigenvalue weighted by Gasteiger charge is 2.41. The van der Waals surface area contributed by atoms with Gasteiger partial charge in [-0.05, 0) is 34.8 Å². The van der Waals surface area contributed by atoms with Gasteiger partial charge in [-0.25, -0.2) is 9.78 Å². The highest BCUT2D eigenvalue weighted by molar-refractivity contribution is 9.10. The third-order valence-corrected chi connectivity index (χ3v) is 7.34. The van der Waals surface area contributed by atoms with Crippen molar-refractivity contribution in [2.75, 3.05) is 7.11 Å². The molecule has 1 saturated carbocycles. The van der Waals surface area contributed by atoms with Crippen molar-refractivity contribution >= 4 is 50.5 Å². The van der Waals surface area contributed by atoms with Gasteiger partial charge in [0, 0.05) is 15.2 Å². The fourth-order valence-corrected chi connectivity index (χ4v) is 5.64. The van der Waals surface area contributed by atoms with Crippen molar-refractivity contribution < 1.29 is 14.3 Å². The van der Waals surface area contributed by atoms with Gasteiger partial charge in [-0.1, -0.05) is 25.7 Å². The average molecular weight is 457 g/mol. The van der Waals surface area contributed by atoms with Crippen LogP contribution in [0.4, 0.5) is 0 Å². The van der Waals surface area contributed by atoms with Gasteiger partial charge in [0.2, 0.25) is 5.91 Å². The number of carbonyl (C=O) groups is 2. The molecule has 0 saturated heterocycles. The van der Waals surface area contributed by atoms with E-state index in [9.17, 15) is 9.59 Å². The van der Waals surface area contributed by atoms with E-state index >= 15 is 0 Å². The number of rotatable bonds is 5. The van der Waals surface area contributed by atoms with Crippen LogP contribution in [0.15, 0.2) is 21.3 Å². The Morgan fingerprint density at radius 2 is 1.96 bits per heavy atom. The fourth-order valence-electron chi connectivity index (χ4n) is 3.31. The number of nitrogens with zero attached hydrogens (tertiary/aromatic N) is 1. The molecule has 0 atom stereocenters. The molecule has 2 aromatic heterocycles. The van der Waals surface area contributed by atoms with Gasteiger partial charge in [0.05, 0.1) is 24.1 Å². The van der Waals surface area contributed by atoms with Crippen LogP contribution in [0.3, 0.4) is 0 Å². The summed E-state index contributed by atoms with van der Waals surface area (Å²) in [5, 5.41) is 7.79. The molecule has 0 spiro atoms. The monoisotopic (exact) mass is 456 g/mol. The molecule has 5 nitrogen and oxygen atoms in total. The number of aromatic nitrogens is 1. The van der Waals surface area contributed by atoms with Gasteiger partial charge in [-0.3, -0.25) is 4.79 Å². The molecule has 0 radical (unpaired) electrons. The molecule has 8 heteroatoms. The molecule has 2 aromatic rings. The molecular weight excluding hydrogens is 436 g/mol. The first-order valence-corrected chi connectivity index (χ1v) is 11.2. The van der Waals surface area contributed by atoms with E-state index in [1.54, 1.807) is 11.3 Å². The number of hydrogen-bond acceptors (Lipinski definition) is 6. The van der Waals surface area contributed by atoms with Crippen LogP contribution in [0.5, 0.6) is 0 Å². The van der Waals surface area contributed by atoms with Gasteiger partial charge in [-0.15, -0.1) is 22.7 Å². The maximum Gasteiger partial charge on any atom is 0.331 e. The second-order valence-corrected chi connectivity index (χ2v) is 9.17. The van der Waals surface area contributed by atoms with E-state index in [0.29, 0.717) is 12.8 Å². The fraction of sp³-hybridized carbons (Fsp3) is 0.500. The van der Waals surface area contributed by atoms with E-state index in [-0.39, 0.29) is 18.3 Å². The predicted molar refractivity (Wildman–Crippen MR) is 107 cm³/mol. The Labute approximate surface area is 169 Å². The molecule has 1 aliphatic rings. The Hall–Kier alpha value is -1.25. The molecule has 140 valence electrons. The molecular formula is C18H21BrN2O3S2. The van der Waals surface area contributed by atoms with Crippen molar-refractivity contribution in [2.24, 2.45) is 0 Å². The van der Waals surface area contributed by atoms with Crippen LogP contribution in [-0.4, -0.2) is 29.5 Å². The number of thiophene rings is 1. The second-order valence-electron chi connectivity index (χ2n) is 6.49. The topological polar surface area (TPSA) is 68.3 Å². The zero-order chi connectivity index (χ0) is 18.6. The van der Waals surface area contributed by atoms with Gasteiger partial charge < -0.3 is 10.1 Å². The number of esters is 1. The Morgan fingerprint density at radius 3 is 2.58 bits per heavy atom. The molecule has 0 unspecified atom stereocenters. The van der Waals surface area contributed by atoms with E-state index in [2.05, 4.69) is 26.2 Å². The highest BCUT2D eigenvalue weighted by Crippen LogP contribution is 2.32. The Morgan fingerprint density at radius 1 is 1.23 bits per heavy atom. The van der Waals surface area contributed by atoms with Crippen LogP contribution in [-0.2, 0) is 20.7 Å². The zero-order valence-electron chi connectivity index (χ0n) is 14.5. The van der Waals surface area contributed by atoms with E-state index < -0.39 is 5.54 Å². The SMILES string of the molecule is COC(=O)C1(NC(=O)Cc2csc(-c3cc(Br)cs3)n2)CCCCCC1. The molecule has 1 amide bonds. The molecule has 0 aliphatic heterocycles. The Bertz CT molecular complexity index is 779. The summed E-state index contributed by atoms with van der Waals surface area (Å²) in [6.45, 7) is 0. The standard InChI is InChI=1S/C18H21BrN2O3S2/c1-24-17(23)18(6-4-2-3-5-7-18)21-15(22)9-13-11-26-16(20-13)14-8-12(19)10-25-14/h8,10-11H,2-7,9H2,1H3,(H,21,22). The quantitative estimate of drug-likeness (QED) is 0.528. The van der Waals surface area contributed by atoms with Crippen LogP contribution >= 0.6 is 38.6 Å². The van der Waals surface area contributed by atoms with Crippen LogP contribution in [0.1, 0.15) is 44.2 Å². The minimum absolute atomic E-state index is 0.168. The summed E-state index contributed by atoms with van der Waals surface area (Å²) in [6, 6.07) is 2.02. The lowest BCUT2D eigenvalue weighted by atomic mass is 9.90. The summed E-state index contributed by atoms with van der Waals surface area (Å²) in [5.41, 5.74) is -0.166. The van der Waals surface area contributed by atoms with Gasteiger partial charge in [0.25, 0.3) is 0 Å². The van der Waals surface area contributed by atoms with Crippen molar-refractivity contribution in [2.45, 2.75) is 50.5 Å². The first-order valence-electron chi connectivity index (χ1n) is 8.61. The van der Waals surface area contributed by atoms with Crippen molar-refractivity contribution in [3.05, 3.63) is 27.0 Å². The number of ether oxygens (including phenoxy) is 1. The molecule has 0 aromatic carbocycles. The summed E-state index contributed by atoms with van der Waals surface area (Å²) >= 11 is 6.58. The van der Waals surface area contributed by atoms with Crippen molar-refractivity contribution in [3.63, 3.8) is 0 Å². The summed E-state index contributed by atoms with van der Waals surface area (Å²) in [4.78, 5) is 30.6. The smallest absolute Gasteiger partial charge is 0.331 e. The molecule has 1 fully saturated rings. The zero-order valence-corrected chi connectivity index (χ0v) is 17.8. The van der Waals surface area contributed by atoms with Gasteiger partial charge >= 0.3 is 5.97 Å². The van der Waals surface area contributed by atoms with E-state index in [1.165, 1.54) is 18.4 Å². The van der Waals surface area contributed by atoms with Crippen molar-refractivity contribution in [3.8, 4) is 9.88 Å². The Balaban J connectivity index is 1.68. The van der Waals surface area contributed by atoms with E-state index in [0.717, 1.165) is 45.7 Å². The normalized spacial score (nSPS) is 16.7. The third-order valence-electron chi connectivity index (χ3n) is 4.58. The van der Waals surface area contributed by atoms with Gasteiger partial charge in [-0.2, -0.15) is 0 Å². The summed E-state index contributed by atoms with van der Waals surface area (Å²) in [5.74, 6) is -0.517. The minimum atomic E-state index is -0.889. The van der Waals surface area contributed by atoms with Crippen LogP contribution in [0.25, 0.3) is 9.88 Å². The van der Waals surface area contributed by atoms with Gasteiger partial charge in [0.1, 0.15) is 10.5 Å². The minimum Gasteiger partial charge on any atom is -0.467 e. The number of thiazole rings is 1. The summed E-state index contributed by atoms with van der Waals surface area (Å²) in [7, 11) is 1.38. The Kier molecular flexibility index (Phi) is 6.47. The van der Waals surface area contributed by atoms with E-state index in [1.807, 2.05) is 16.8 Å². The third kappa shape index (κ3) is 4.53. The van der Waals surface area contributed by atoms with E-state index in [4.69, 9.17) is 4.74 Å².